The first-order chi connectivity index (χ1) is 6.27. The van der Waals surface area contributed by atoms with Crippen LogP contribution in [0.2, 0.25) is 0 Å². The second-order valence-corrected chi connectivity index (χ2v) is 4.75. The highest BCUT2D eigenvalue weighted by atomic mass is 15.2. The molecule has 2 atom stereocenters. The highest BCUT2D eigenvalue weighted by molar-refractivity contribution is 4.85. The van der Waals surface area contributed by atoms with E-state index in [1.165, 1.54) is 45.3 Å². The predicted octanol–water partition coefficient (Wildman–Crippen LogP) is 1.56. The maximum atomic E-state index is 2.66. The summed E-state index contributed by atoms with van der Waals surface area (Å²) in [6.07, 6.45) is 5.65. The third-order valence-corrected chi connectivity index (χ3v) is 3.82. The molecule has 2 rings (SSSR count). The lowest BCUT2D eigenvalue weighted by Crippen LogP contribution is -2.48. The van der Waals surface area contributed by atoms with Gasteiger partial charge in [-0.05, 0) is 59.3 Å². The van der Waals surface area contributed by atoms with Crippen molar-refractivity contribution < 1.29 is 0 Å². The second-order valence-electron chi connectivity index (χ2n) is 4.75. The summed E-state index contributed by atoms with van der Waals surface area (Å²) in [4.78, 5) is 5.15. The van der Waals surface area contributed by atoms with Gasteiger partial charge in [-0.2, -0.15) is 0 Å². The molecule has 0 spiro atoms. The molecule has 0 aromatic heterocycles. The monoisotopic (exact) mass is 182 g/mol. The van der Waals surface area contributed by atoms with Crippen LogP contribution >= 0.6 is 0 Å². The van der Waals surface area contributed by atoms with Crippen LogP contribution in [-0.4, -0.2) is 48.6 Å². The fraction of sp³-hybridized carbons (Fsp3) is 1.00. The van der Waals surface area contributed by atoms with E-state index in [0.717, 1.165) is 12.1 Å². The normalized spacial score (nSPS) is 33.2. The van der Waals surface area contributed by atoms with E-state index in [-0.39, 0.29) is 0 Å². The van der Waals surface area contributed by atoms with Crippen LogP contribution in [0.5, 0.6) is 0 Å². The van der Waals surface area contributed by atoms with Gasteiger partial charge in [-0.1, -0.05) is 0 Å². The van der Waals surface area contributed by atoms with Crippen LogP contribution < -0.4 is 0 Å². The Morgan fingerprint density at radius 2 is 1.92 bits per heavy atom. The standard InChI is InChI=1S/C11H22N2/c1-10(13-6-3-4-7-13)9-11-5-8-12(11)2/h10-11H,3-9H2,1-2H3. The van der Waals surface area contributed by atoms with Crippen molar-refractivity contribution in [2.75, 3.05) is 26.7 Å². The Labute approximate surface area is 81.9 Å². The van der Waals surface area contributed by atoms with Crippen molar-refractivity contribution in [2.24, 2.45) is 0 Å². The summed E-state index contributed by atoms with van der Waals surface area (Å²) in [6.45, 7) is 6.41. The molecule has 0 N–H and O–H groups in total. The molecule has 76 valence electrons. The zero-order chi connectivity index (χ0) is 9.26. The van der Waals surface area contributed by atoms with Crippen molar-refractivity contribution in [3.05, 3.63) is 0 Å². The lowest BCUT2D eigenvalue weighted by atomic mass is 9.96. The first-order valence-electron chi connectivity index (χ1n) is 5.71. The summed E-state index contributed by atoms with van der Waals surface area (Å²) in [6, 6.07) is 1.70. The molecule has 0 amide bonds. The van der Waals surface area contributed by atoms with Crippen molar-refractivity contribution in [3.8, 4) is 0 Å². The third kappa shape index (κ3) is 2.05. The summed E-state index contributed by atoms with van der Waals surface area (Å²) in [7, 11) is 2.25. The van der Waals surface area contributed by atoms with Crippen molar-refractivity contribution in [1.29, 1.82) is 0 Å². The predicted molar refractivity (Wildman–Crippen MR) is 55.9 cm³/mol. The minimum atomic E-state index is 0.815. The molecule has 2 heteroatoms. The molecule has 2 aliphatic rings. The van der Waals surface area contributed by atoms with E-state index in [0.29, 0.717) is 0 Å². The van der Waals surface area contributed by atoms with Crippen molar-refractivity contribution >= 4 is 0 Å². The average molecular weight is 182 g/mol. The molecule has 2 unspecified atom stereocenters. The summed E-state index contributed by atoms with van der Waals surface area (Å²) >= 11 is 0. The second kappa shape index (κ2) is 3.97. The zero-order valence-electron chi connectivity index (χ0n) is 9.00. The maximum Gasteiger partial charge on any atom is 0.0119 e. The van der Waals surface area contributed by atoms with Crippen LogP contribution in [0, 0.1) is 0 Å². The molecule has 2 nitrogen and oxygen atoms in total. The highest BCUT2D eigenvalue weighted by Crippen LogP contribution is 2.23. The van der Waals surface area contributed by atoms with Crippen LogP contribution in [0.15, 0.2) is 0 Å². The quantitative estimate of drug-likeness (QED) is 0.653. The van der Waals surface area contributed by atoms with E-state index in [1.807, 2.05) is 0 Å². The Balaban J connectivity index is 1.73. The van der Waals surface area contributed by atoms with E-state index in [4.69, 9.17) is 0 Å². The number of nitrogens with zero attached hydrogens (tertiary/aromatic N) is 2. The maximum absolute atomic E-state index is 2.66. The van der Waals surface area contributed by atoms with Gasteiger partial charge in [-0.25, -0.2) is 0 Å². The van der Waals surface area contributed by atoms with Gasteiger partial charge in [-0.3, -0.25) is 0 Å². The van der Waals surface area contributed by atoms with Crippen LogP contribution in [0.4, 0.5) is 0 Å². The SMILES string of the molecule is CC(CC1CCN1C)N1CCCC1. The molecule has 0 aromatic rings. The molecule has 2 fully saturated rings. The van der Waals surface area contributed by atoms with Crippen LogP contribution in [0.3, 0.4) is 0 Å². The Bertz CT molecular complexity index is 163. The number of hydrogen-bond acceptors (Lipinski definition) is 2. The van der Waals surface area contributed by atoms with Gasteiger partial charge in [0.1, 0.15) is 0 Å². The average Bonchev–Trinajstić information content (AvgIpc) is 2.64. The molecular formula is C11H22N2. The topological polar surface area (TPSA) is 6.48 Å². The molecule has 0 bridgehead atoms. The van der Waals surface area contributed by atoms with Crippen molar-refractivity contribution in [3.63, 3.8) is 0 Å². The molecule has 0 aromatic carbocycles. The van der Waals surface area contributed by atoms with Gasteiger partial charge < -0.3 is 9.80 Å². The summed E-state index contributed by atoms with van der Waals surface area (Å²) in [5, 5.41) is 0. The smallest absolute Gasteiger partial charge is 0.0119 e. The molecule has 2 heterocycles. The Morgan fingerprint density at radius 1 is 1.23 bits per heavy atom. The van der Waals surface area contributed by atoms with Crippen LogP contribution in [0.25, 0.3) is 0 Å². The molecule has 2 saturated heterocycles. The largest absolute Gasteiger partial charge is 0.303 e. The summed E-state index contributed by atoms with van der Waals surface area (Å²) in [5.74, 6) is 0. The van der Waals surface area contributed by atoms with E-state index in [2.05, 4.69) is 23.8 Å². The van der Waals surface area contributed by atoms with Gasteiger partial charge in [0, 0.05) is 12.1 Å². The van der Waals surface area contributed by atoms with E-state index in [9.17, 15) is 0 Å². The Hall–Kier alpha value is -0.0800. The van der Waals surface area contributed by atoms with Crippen molar-refractivity contribution in [2.45, 2.75) is 44.7 Å². The van der Waals surface area contributed by atoms with Gasteiger partial charge in [0.05, 0.1) is 0 Å². The van der Waals surface area contributed by atoms with E-state index in [1.54, 1.807) is 0 Å². The Morgan fingerprint density at radius 3 is 2.38 bits per heavy atom. The first kappa shape index (κ1) is 9.47. The molecule has 2 aliphatic heterocycles. The molecule has 0 radical (unpaired) electrons. The van der Waals surface area contributed by atoms with Gasteiger partial charge in [0.15, 0.2) is 0 Å². The Kier molecular flexibility index (Phi) is 2.89. The molecule has 0 saturated carbocycles. The lowest BCUT2D eigenvalue weighted by Gasteiger charge is -2.41. The fourth-order valence-corrected chi connectivity index (χ4v) is 2.59. The van der Waals surface area contributed by atoms with Gasteiger partial charge in [0.2, 0.25) is 0 Å². The van der Waals surface area contributed by atoms with Crippen molar-refractivity contribution in [1.82, 2.24) is 9.80 Å². The van der Waals surface area contributed by atoms with Crippen LogP contribution in [-0.2, 0) is 0 Å². The zero-order valence-corrected chi connectivity index (χ0v) is 9.00. The molecule has 13 heavy (non-hydrogen) atoms. The van der Waals surface area contributed by atoms with Gasteiger partial charge in [-0.15, -0.1) is 0 Å². The van der Waals surface area contributed by atoms with Gasteiger partial charge in [0.25, 0.3) is 0 Å². The molecular weight excluding hydrogens is 160 g/mol. The summed E-state index contributed by atoms with van der Waals surface area (Å²) in [5.41, 5.74) is 0. The molecule has 0 aliphatic carbocycles. The number of rotatable bonds is 3. The minimum Gasteiger partial charge on any atom is -0.303 e. The van der Waals surface area contributed by atoms with Gasteiger partial charge >= 0.3 is 0 Å². The number of hydrogen-bond donors (Lipinski definition) is 0. The first-order valence-corrected chi connectivity index (χ1v) is 5.71. The van der Waals surface area contributed by atoms with E-state index >= 15 is 0 Å². The highest BCUT2D eigenvalue weighted by Gasteiger charge is 2.28. The summed E-state index contributed by atoms with van der Waals surface area (Å²) < 4.78 is 0. The third-order valence-electron chi connectivity index (χ3n) is 3.82. The minimum absolute atomic E-state index is 0.815. The lowest BCUT2D eigenvalue weighted by molar-refractivity contribution is 0.0881. The van der Waals surface area contributed by atoms with E-state index < -0.39 is 0 Å². The number of likely N-dealkylation sites (tertiary alicyclic amines) is 2. The van der Waals surface area contributed by atoms with Crippen LogP contribution in [0.1, 0.15) is 32.6 Å². The fourth-order valence-electron chi connectivity index (χ4n) is 2.59.